The van der Waals surface area contributed by atoms with Gasteiger partial charge in [-0.05, 0) is 18.2 Å². The number of hydrogen-bond donors (Lipinski definition) is 2. The lowest BCUT2D eigenvalue weighted by atomic mass is 10.2. The number of carbonyl (C=O) groups is 1. The van der Waals surface area contributed by atoms with E-state index < -0.39 is 0 Å². The summed E-state index contributed by atoms with van der Waals surface area (Å²) in [7, 11) is 1.50. The van der Waals surface area contributed by atoms with Gasteiger partial charge in [0.05, 0.1) is 5.56 Å². The van der Waals surface area contributed by atoms with Gasteiger partial charge in [0.2, 0.25) is 0 Å². The molecule has 1 rings (SSSR count). The largest absolute Gasteiger partial charge is 0.507 e. The van der Waals surface area contributed by atoms with Crippen molar-refractivity contribution in [1.29, 1.82) is 0 Å². The van der Waals surface area contributed by atoms with Crippen LogP contribution in [0.15, 0.2) is 18.2 Å². The molecule has 1 amide bonds. The molecule has 3 nitrogen and oxygen atoms in total. The minimum atomic E-state index is -0.329. The van der Waals surface area contributed by atoms with Crippen LogP contribution in [0.1, 0.15) is 10.4 Å². The van der Waals surface area contributed by atoms with Crippen molar-refractivity contribution in [2.75, 3.05) is 7.05 Å². The number of phenolic OH excluding ortho intramolecular Hbond substituents is 1. The Labute approximate surface area is 75.0 Å². The molecule has 2 N–H and O–H groups in total. The predicted octanol–water partition coefficient (Wildman–Crippen LogP) is 1.41. The van der Waals surface area contributed by atoms with Gasteiger partial charge in [0.1, 0.15) is 5.75 Å². The van der Waals surface area contributed by atoms with E-state index in [0.29, 0.717) is 5.02 Å². The van der Waals surface area contributed by atoms with Crippen molar-refractivity contribution in [1.82, 2.24) is 5.32 Å². The van der Waals surface area contributed by atoms with Gasteiger partial charge in [-0.2, -0.15) is 0 Å². The van der Waals surface area contributed by atoms with Gasteiger partial charge in [0.25, 0.3) is 5.91 Å². The van der Waals surface area contributed by atoms with Crippen LogP contribution >= 0.6 is 11.6 Å². The van der Waals surface area contributed by atoms with E-state index in [1.54, 1.807) is 6.07 Å². The number of rotatable bonds is 1. The Balaban J connectivity index is 3.09. The van der Waals surface area contributed by atoms with Crippen molar-refractivity contribution in [3.8, 4) is 5.75 Å². The quantitative estimate of drug-likeness (QED) is 0.695. The molecule has 0 aliphatic rings. The number of halogens is 1. The molecule has 1 aromatic rings. The number of amides is 1. The van der Waals surface area contributed by atoms with Gasteiger partial charge in [-0.1, -0.05) is 11.6 Å². The van der Waals surface area contributed by atoms with Crippen LogP contribution in [0.3, 0.4) is 0 Å². The van der Waals surface area contributed by atoms with Crippen LogP contribution in [0.25, 0.3) is 0 Å². The Bertz CT molecular complexity index is 312. The van der Waals surface area contributed by atoms with Gasteiger partial charge in [-0.25, -0.2) is 0 Å². The summed E-state index contributed by atoms with van der Waals surface area (Å²) in [6.45, 7) is 0. The smallest absolute Gasteiger partial charge is 0.254 e. The summed E-state index contributed by atoms with van der Waals surface area (Å²) < 4.78 is 0. The molecule has 0 spiro atoms. The fourth-order valence-corrected chi connectivity index (χ4v) is 0.998. The van der Waals surface area contributed by atoms with Gasteiger partial charge >= 0.3 is 0 Å². The number of nitrogens with one attached hydrogen (secondary N) is 1. The summed E-state index contributed by atoms with van der Waals surface area (Å²) in [5.74, 6) is -0.439. The molecule has 64 valence electrons. The van der Waals surface area contributed by atoms with E-state index in [9.17, 15) is 9.90 Å². The molecular formula is C8H8ClNO2. The molecule has 0 fully saturated rings. The van der Waals surface area contributed by atoms with Gasteiger partial charge in [0, 0.05) is 12.1 Å². The molecule has 0 unspecified atom stereocenters. The molecule has 0 radical (unpaired) electrons. The van der Waals surface area contributed by atoms with E-state index in [4.69, 9.17) is 11.6 Å². The number of aromatic hydroxyl groups is 1. The molecule has 0 aliphatic heterocycles. The lowest BCUT2D eigenvalue weighted by molar-refractivity contribution is 0.0960. The van der Waals surface area contributed by atoms with E-state index in [1.165, 1.54) is 19.2 Å². The molecule has 12 heavy (non-hydrogen) atoms. The topological polar surface area (TPSA) is 49.3 Å². The van der Waals surface area contributed by atoms with Crippen molar-refractivity contribution in [2.24, 2.45) is 0 Å². The first kappa shape index (κ1) is 8.87. The van der Waals surface area contributed by atoms with Crippen molar-refractivity contribution in [2.45, 2.75) is 0 Å². The molecule has 0 aromatic heterocycles. The molecule has 1 aromatic carbocycles. The molecule has 0 aliphatic carbocycles. The maximum atomic E-state index is 11.0. The van der Waals surface area contributed by atoms with E-state index in [-0.39, 0.29) is 17.2 Å². The maximum Gasteiger partial charge on any atom is 0.254 e. The standard InChI is InChI=1S/C8H8ClNO2/c1-10-8(12)6-3-2-5(9)4-7(6)11/h2-4,11H,1H3,(H,10,12). The van der Waals surface area contributed by atoms with Crippen LogP contribution in [0.5, 0.6) is 5.75 Å². The van der Waals surface area contributed by atoms with Crippen molar-refractivity contribution in [3.05, 3.63) is 28.8 Å². The van der Waals surface area contributed by atoms with Crippen molar-refractivity contribution in [3.63, 3.8) is 0 Å². The third-order valence-electron chi connectivity index (χ3n) is 1.43. The SMILES string of the molecule is CNC(=O)c1ccc(Cl)cc1O. The Kier molecular flexibility index (Phi) is 2.55. The zero-order valence-corrected chi connectivity index (χ0v) is 7.22. The number of hydrogen-bond acceptors (Lipinski definition) is 2. The highest BCUT2D eigenvalue weighted by molar-refractivity contribution is 6.30. The summed E-state index contributed by atoms with van der Waals surface area (Å²) in [6, 6.07) is 4.34. The Morgan fingerprint density at radius 2 is 2.25 bits per heavy atom. The highest BCUT2D eigenvalue weighted by Gasteiger charge is 2.08. The summed E-state index contributed by atoms with van der Waals surface area (Å²) in [5.41, 5.74) is 0.224. The Hall–Kier alpha value is -1.22. The third kappa shape index (κ3) is 1.68. The predicted molar refractivity (Wildman–Crippen MR) is 46.5 cm³/mol. The summed E-state index contributed by atoms with van der Waals surface area (Å²) >= 11 is 5.57. The second kappa shape index (κ2) is 3.45. The molecule has 0 saturated carbocycles. The molecule has 0 bridgehead atoms. The second-order valence-electron chi connectivity index (χ2n) is 2.24. The Morgan fingerprint density at radius 1 is 1.58 bits per heavy atom. The minimum Gasteiger partial charge on any atom is -0.507 e. The van der Waals surface area contributed by atoms with Gasteiger partial charge < -0.3 is 10.4 Å². The van der Waals surface area contributed by atoms with E-state index >= 15 is 0 Å². The van der Waals surface area contributed by atoms with Gasteiger partial charge in [0.15, 0.2) is 0 Å². The monoisotopic (exact) mass is 185 g/mol. The summed E-state index contributed by atoms with van der Waals surface area (Å²) in [5, 5.41) is 12.1. The second-order valence-corrected chi connectivity index (χ2v) is 2.68. The zero-order valence-electron chi connectivity index (χ0n) is 6.47. The van der Waals surface area contributed by atoms with Gasteiger partial charge in [-0.3, -0.25) is 4.79 Å². The highest BCUT2D eigenvalue weighted by Crippen LogP contribution is 2.21. The third-order valence-corrected chi connectivity index (χ3v) is 1.67. The molecule has 0 heterocycles. The number of carbonyl (C=O) groups excluding carboxylic acids is 1. The highest BCUT2D eigenvalue weighted by atomic mass is 35.5. The van der Waals surface area contributed by atoms with Crippen molar-refractivity contribution >= 4 is 17.5 Å². The fraction of sp³-hybridized carbons (Fsp3) is 0.125. The van der Waals surface area contributed by atoms with E-state index in [0.717, 1.165) is 0 Å². The Morgan fingerprint density at radius 3 is 2.75 bits per heavy atom. The van der Waals surface area contributed by atoms with Crippen LogP contribution in [-0.2, 0) is 0 Å². The summed E-state index contributed by atoms with van der Waals surface area (Å²) in [6.07, 6.45) is 0. The summed E-state index contributed by atoms with van der Waals surface area (Å²) in [4.78, 5) is 11.0. The van der Waals surface area contributed by atoms with Crippen LogP contribution in [0.4, 0.5) is 0 Å². The molecular weight excluding hydrogens is 178 g/mol. The maximum absolute atomic E-state index is 11.0. The van der Waals surface area contributed by atoms with Crippen LogP contribution in [0, 0.1) is 0 Å². The van der Waals surface area contributed by atoms with Crippen LogP contribution in [-0.4, -0.2) is 18.1 Å². The van der Waals surface area contributed by atoms with Crippen molar-refractivity contribution < 1.29 is 9.90 Å². The van der Waals surface area contributed by atoms with E-state index in [2.05, 4.69) is 5.32 Å². The lowest BCUT2D eigenvalue weighted by Gasteiger charge is -2.02. The normalized spacial score (nSPS) is 9.50. The molecule has 0 atom stereocenters. The molecule has 4 heteroatoms. The lowest BCUT2D eigenvalue weighted by Crippen LogP contribution is -2.17. The number of phenols is 1. The average molecular weight is 186 g/mol. The average Bonchev–Trinajstić information content (AvgIpc) is 2.03. The zero-order chi connectivity index (χ0) is 9.14. The fourth-order valence-electron chi connectivity index (χ4n) is 0.831. The first-order chi connectivity index (χ1) is 5.65. The van der Waals surface area contributed by atoms with Crippen LogP contribution < -0.4 is 5.32 Å². The van der Waals surface area contributed by atoms with E-state index in [1.807, 2.05) is 0 Å². The van der Waals surface area contributed by atoms with Crippen LogP contribution in [0.2, 0.25) is 5.02 Å². The number of benzene rings is 1. The minimum absolute atomic E-state index is 0.109. The van der Waals surface area contributed by atoms with Gasteiger partial charge in [-0.15, -0.1) is 0 Å². The molecule has 0 saturated heterocycles. The first-order valence-electron chi connectivity index (χ1n) is 3.35. The first-order valence-corrected chi connectivity index (χ1v) is 3.73.